The Bertz CT molecular complexity index is 481. The van der Waals surface area contributed by atoms with Gasteiger partial charge in [0.2, 0.25) is 0 Å². The summed E-state index contributed by atoms with van der Waals surface area (Å²) in [6.07, 6.45) is 13.4. The summed E-state index contributed by atoms with van der Waals surface area (Å²) in [6.45, 7) is 3.19. The van der Waals surface area contributed by atoms with Crippen molar-refractivity contribution in [3.8, 4) is 5.75 Å². The Hall–Kier alpha value is -0.690. The molecule has 0 bridgehead atoms. The minimum atomic E-state index is 0.716. The van der Waals surface area contributed by atoms with Gasteiger partial charge in [0.25, 0.3) is 0 Å². The van der Waals surface area contributed by atoms with Gasteiger partial charge >= 0.3 is 0 Å². The first kappa shape index (κ1) is 19.1. The summed E-state index contributed by atoms with van der Waals surface area (Å²) in [7, 11) is 0. The van der Waals surface area contributed by atoms with E-state index in [0.717, 1.165) is 36.0 Å². The van der Waals surface area contributed by atoms with E-state index in [2.05, 4.69) is 31.2 Å². The van der Waals surface area contributed by atoms with Crippen LogP contribution in [0.2, 0.25) is 0 Å². The lowest BCUT2D eigenvalue weighted by Gasteiger charge is -2.29. The van der Waals surface area contributed by atoms with E-state index in [1.54, 1.807) is 0 Å². The lowest BCUT2D eigenvalue weighted by Crippen LogP contribution is -2.20. The molecule has 0 saturated heterocycles. The van der Waals surface area contributed by atoms with Gasteiger partial charge in [0.15, 0.2) is 0 Å². The van der Waals surface area contributed by atoms with Gasteiger partial charge in [-0.3, -0.25) is 0 Å². The van der Waals surface area contributed by atoms with Crippen LogP contribution in [0.25, 0.3) is 0 Å². The molecule has 2 aliphatic rings. The maximum absolute atomic E-state index is 6.07. The summed E-state index contributed by atoms with van der Waals surface area (Å²) in [4.78, 5) is 0. The van der Waals surface area contributed by atoms with Crippen molar-refractivity contribution in [2.24, 2.45) is 17.8 Å². The van der Waals surface area contributed by atoms with Crippen LogP contribution in [0.3, 0.4) is 0 Å². The Morgan fingerprint density at radius 3 is 2.04 bits per heavy atom. The van der Waals surface area contributed by atoms with Gasteiger partial charge in [-0.2, -0.15) is 0 Å². The van der Waals surface area contributed by atoms with Crippen molar-refractivity contribution < 1.29 is 4.74 Å². The first-order valence-corrected chi connectivity index (χ1v) is 11.1. The van der Waals surface area contributed by atoms with E-state index in [9.17, 15) is 0 Å². The average Bonchev–Trinajstić information content (AvgIpc) is 2.68. The zero-order valence-corrected chi connectivity index (χ0v) is 16.6. The molecule has 140 valence electrons. The highest BCUT2D eigenvalue weighted by Crippen LogP contribution is 2.38. The molecule has 1 aromatic carbocycles. The Balaban J connectivity index is 1.42. The van der Waals surface area contributed by atoms with Gasteiger partial charge in [-0.15, -0.1) is 11.6 Å². The lowest BCUT2D eigenvalue weighted by atomic mass is 9.77. The van der Waals surface area contributed by atoms with Crippen LogP contribution >= 0.6 is 11.6 Å². The largest absolute Gasteiger partial charge is 0.493 e. The second-order valence-corrected chi connectivity index (χ2v) is 8.74. The van der Waals surface area contributed by atoms with Gasteiger partial charge in [0, 0.05) is 5.88 Å². The fraction of sp³-hybridized carbons (Fsp3) is 0.739. The highest BCUT2D eigenvalue weighted by atomic mass is 35.5. The number of alkyl halides is 1. The van der Waals surface area contributed by atoms with E-state index in [1.807, 2.05) is 0 Å². The van der Waals surface area contributed by atoms with E-state index >= 15 is 0 Å². The molecule has 2 aliphatic carbocycles. The van der Waals surface area contributed by atoms with Gasteiger partial charge in [-0.25, -0.2) is 0 Å². The topological polar surface area (TPSA) is 9.23 Å². The van der Waals surface area contributed by atoms with Gasteiger partial charge in [0.05, 0.1) is 6.61 Å². The van der Waals surface area contributed by atoms with Crippen molar-refractivity contribution in [1.82, 2.24) is 0 Å². The molecule has 0 radical (unpaired) electrons. The molecule has 0 atom stereocenters. The minimum absolute atomic E-state index is 0.716. The maximum atomic E-state index is 6.07. The smallest absolute Gasteiger partial charge is 0.119 e. The molecule has 1 nitrogen and oxygen atoms in total. The molecule has 1 aromatic rings. The van der Waals surface area contributed by atoms with Crippen LogP contribution in [0.5, 0.6) is 5.75 Å². The molecular weight excluding hydrogens is 328 g/mol. The van der Waals surface area contributed by atoms with Gasteiger partial charge in [-0.1, -0.05) is 31.9 Å². The predicted molar refractivity (Wildman–Crippen MR) is 108 cm³/mol. The molecule has 0 heterocycles. The van der Waals surface area contributed by atoms with Crippen LogP contribution in [0.15, 0.2) is 24.3 Å². The Kier molecular flexibility index (Phi) is 7.52. The molecule has 25 heavy (non-hydrogen) atoms. The molecule has 2 saturated carbocycles. The summed E-state index contributed by atoms with van der Waals surface area (Å²) in [6, 6.07) is 9.00. The second-order valence-electron chi connectivity index (χ2n) is 8.43. The summed E-state index contributed by atoms with van der Waals surface area (Å²) in [5, 5.41) is 0. The molecule has 0 spiro atoms. The van der Waals surface area contributed by atoms with E-state index in [4.69, 9.17) is 16.3 Å². The highest BCUT2D eigenvalue weighted by Gasteiger charge is 2.22. The monoisotopic (exact) mass is 362 g/mol. The Labute approximate surface area is 159 Å². The molecule has 3 rings (SSSR count). The van der Waals surface area contributed by atoms with Crippen molar-refractivity contribution in [2.75, 3.05) is 12.5 Å². The van der Waals surface area contributed by atoms with Crippen molar-refractivity contribution in [3.05, 3.63) is 29.8 Å². The number of ether oxygens (including phenoxy) is 1. The van der Waals surface area contributed by atoms with Crippen LogP contribution in [0.4, 0.5) is 0 Å². The zero-order chi connectivity index (χ0) is 17.5. The molecule has 2 heteroatoms. The lowest BCUT2D eigenvalue weighted by molar-refractivity contribution is 0.189. The third-order valence-corrected chi connectivity index (χ3v) is 7.00. The fourth-order valence-corrected chi connectivity index (χ4v) is 5.10. The Morgan fingerprint density at radius 2 is 1.44 bits per heavy atom. The van der Waals surface area contributed by atoms with Gasteiger partial charge in [-0.05, 0) is 92.7 Å². The van der Waals surface area contributed by atoms with Gasteiger partial charge in [0.1, 0.15) is 5.75 Å². The molecule has 0 aromatic heterocycles. The maximum Gasteiger partial charge on any atom is 0.119 e. The van der Waals surface area contributed by atoms with Crippen LogP contribution in [-0.2, 0) is 0 Å². The third-order valence-electron chi connectivity index (χ3n) is 6.57. The van der Waals surface area contributed by atoms with E-state index in [0.29, 0.717) is 5.92 Å². The molecule has 0 unspecified atom stereocenters. The predicted octanol–water partition coefficient (Wildman–Crippen LogP) is 7.18. The summed E-state index contributed by atoms with van der Waals surface area (Å²) in [5.41, 5.74) is 1.52. The van der Waals surface area contributed by atoms with Gasteiger partial charge < -0.3 is 4.74 Å². The number of rotatable bonds is 7. The first-order chi connectivity index (χ1) is 12.3. The quantitative estimate of drug-likeness (QED) is 0.466. The van der Waals surface area contributed by atoms with E-state index < -0.39 is 0 Å². The summed E-state index contributed by atoms with van der Waals surface area (Å²) in [5.74, 6) is 5.08. The van der Waals surface area contributed by atoms with E-state index in [1.165, 1.54) is 69.8 Å². The van der Waals surface area contributed by atoms with Crippen molar-refractivity contribution >= 4 is 11.6 Å². The van der Waals surface area contributed by atoms with Crippen molar-refractivity contribution in [1.29, 1.82) is 0 Å². The molecule has 0 N–H and O–H groups in total. The fourth-order valence-electron chi connectivity index (χ4n) is 4.80. The van der Waals surface area contributed by atoms with Crippen LogP contribution in [0.1, 0.15) is 82.6 Å². The highest BCUT2D eigenvalue weighted by molar-refractivity contribution is 6.18. The number of benzene rings is 1. The van der Waals surface area contributed by atoms with E-state index in [-0.39, 0.29) is 0 Å². The number of hydrogen-bond donors (Lipinski definition) is 0. The Morgan fingerprint density at radius 1 is 0.840 bits per heavy atom. The SMILES string of the molecule is CCC[C@H]1CC[C@H](c2ccc(OC[C@H]3CC[C@H](CCl)CC3)cc2)CC1. The second kappa shape index (κ2) is 9.86. The number of halogens is 1. The molecule has 0 amide bonds. The third kappa shape index (κ3) is 5.64. The molecule has 0 aliphatic heterocycles. The van der Waals surface area contributed by atoms with Crippen LogP contribution in [0, 0.1) is 17.8 Å². The molecular formula is C23H35ClO. The average molecular weight is 363 g/mol. The normalized spacial score (nSPS) is 30.2. The standard InChI is InChI=1S/C23H35ClO/c1-2-3-18-8-10-21(11-9-18)22-12-14-23(15-13-22)25-17-20-6-4-19(16-24)5-7-20/h12-15,18-21H,2-11,16-17H2,1H3/t18-,19-,20-,21-. The minimum Gasteiger partial charge on any atom is -0.493 e. The summed E-state index contributed by atoms with van der Waals surface area (Å²) >= 11 is 5.97. The van der Waals surface area contributed by atoms with Crippen molar-refractivity contribution in [2.45, 2.75) is 77.0 Å². The number of hydrogen-bond acceptors (Lipinski definition) is 1. The first-order valence-electron chi connectivity index (χ1n) is 10.6. The van der Waals surface area contributed by atoms with Crippen LogP contribution in [-0.4, -0.2) is 12.5 Å². The zero-order valence-electron chi connectivity index (χ0n) is 15.9. The van der Waals surface area contributed by atoms with Crippen LogP contribution < -0.4 is 4.74 Å². The summed E-state index contributed by atoms with van der Waals surface area (Å²) < 4.78 is 6.07. The van der Waals surface area contributed by atoms with Crippen molar-refractivity contribution in [3.63, 3.8) is 0 Å². The molecule has 2 fully saturated rings.